The van der Waals surface area contributed by atoms with Crippen molar-refractivity contribution in [3.8, 4) is 0 Å². The van der Waals surface area contributed by atoms with Gasteiger partial charge in [0.15, 0.2) is 5.66 Å². The van der Waals surface area contributed by atoms with Crippen LogP contribution >= 0.6 is 11.8 Å². The van der Waals surface area contributed by atoms with E-state index in [1.807, 2.05) is 30.3 Å². The molecule has 1 saturated heterocycles. The van der Waals surface area contributed by atoms with Gasteiger partial charge in [0.2, 0.25) is 0 Å². The topological polar surface area (TPSA) is 53.5 Å². The van der Waals surface area contributed by atoms with Crippen LogP contribution in [0.3, 0.4) is 0 Å². The van der Waals surface area contributed by atoms with Crippen molar-refractivity contribution in [1.29, 1.82) is 0 Å². The maximum Gasteiger partial charge on any atom is 0.254 e. The number of thioether (sulfide) groups is 1. The first kappa shape index (κ1) is 10.6. The lowest BCUT2D eigenvalue weighted by Crippen LogP contribution is -2.48. The third-order valence-electron chi connectivity index (χ3n) is 4.07. The summed E-state index contributed by atoms with van der Waals surface area (Å²) in [6, 6.07) is 10.1. The van der Waals surface area contributed by atoms with Crippen LogP contribution in [-0.4, -0.2) is 21.4 Å². The number of rotatable bonds is 1. The van der Waals surface area contributed by atoms with E-state index < -0.39 is 10.4 Å². The van der Waals surface area contributed by atoms with Gasteiger partial charge < -0.3 is 0 Å². The summed E-state index contributed by atoms with van der Waals surface area (Å²) in [5.74, 6) is 0.0830. The molecule has 4 rings (SSSR count). The number of hydrazine groups is 1. The minimum Gasteiger partial charge on any atom is -0.288 e. The number of carbonyl (C=O) groups is 1. The molecule has 0 radical (unpaired) electrons. The van der Waals surface area contributed by atoms with Crippen LogP contribution in [0.4, 0.5) is 0 Å². The van der Waals surface area contributed by atoms with Gasteiger partial charge in [-0.05, 0) is 19.3 Å². The Bertz CT molecular complexity index is 559. The summed E-state index contributed by atoms with van der Waals surface area (Å²) in [6.07, 6.45) is 2.88. The van der Waals surface area contributed by atoms with Gasteiger partial charge in [-0.3, -0.25) is 15.2 Å². The first-order valence-electron chi connectivity index (χ1n) is 6.18. The molecule has 2 atom stereocenters. The summed E-state index contributed by atoms with van der Waals surface area (Å²) in [6.45, 7) is 0. The number of nitrogens with zero attached hydrogens (tertiary/aromatic N) is 1. The van der Waals surface area contributed by atoms with Crippen molar-refractivity contribution in [2.24, 2.45) is 4.99 Å². The van der Waals surface area contributed by atoms with Crippen molar-refractivity contribution in [2.45, 2.75) is 29.7 Å². The Morgan fingerprint density at radius 3 is 2.83 bits per heavy atom. The van der Waals surface area contributed by atoms with Crippen LogP contribution in [0.25, 0.3) is 0 Å². The lowest BCUT2D eigenvalue weighted by Gasteiger charge is -2.25. The minimum atomic E-state index is -0.418. The van der Waals surface area contributed by atoms with Crippen LogP contribution in [0, 0.1) is 0 Å². The molecule has 2 aliphatic heterocycles. The van der Waals surface area contributed by atoms with E-state index in [1.54, 1.807) is 11.8 Å². The lowest BCUT2D eigenvalue weighted by molar-refractivity contribution is -0.121. The molecule has 3 aliphatic rings. The van der Waals surface area contributed by atoms with E-state index in [2.05, 4.69) is 10.9 Å². The van der Waals surface area contributed by atoms with Gasteiger partial charge in [-0.15, -0.1) is 0 Å². The summed E-state index contributed by atoms with van der Waals surface area (Å²) in [4.78, 5) is 17.0. The molecule has 0 aromatic heterocycles. The van der Waals surface area contributed by atoms with Crippen molar-refractivity contribution in [1.82, 2.24) is 10.9 Å². The number of carbonyl (C=O) groups excluding carboxylic acids is 1. The number of amides is 1. The Balaban J connectivity index is 1.82. The molecule has 1 aromatic rings. The number of benzene rings is 1. The van der Waals surface area contributed by atoms with E-state index in [0.29, 0.717) is 0 Å². The molecule has 0 spiro atoms. The zero-order chi connectivity index (χ0) is 12.2. The van der Waals surface area contributed by atoms with Gasteiger partial charge in [0, 0.05) is 5.56 Å². The van der Waals surface area contributed by atoms with Gasteiger partial charge in [-0.2, -0.15) is 0 Å². The molecular formula is C13H13N3OS. The highest BCUT2D eigenvalue weighted by Crippen LogP contribution is 2.57. The zero-order valence-corrected chi connectivity index (χ0v) is 10.6. The predicted molar refractivity (Wildman–Crippen MR) is 71.2 cm³/mol. The first-order valence-corrected chi connectivity index (χ1v) is 6.99. The predicted octanol–water partition coefficient (Wildman–Crippen LogP) is 1.43. The molecule has 1 aromatic carbocycles. The Morgan fingerprint density at radius 1 is 1.22 bits per heavy atom. The van der Waals surface area contributed by atoms with Crippen molar-refractivity contribution in [3.05, 3.63) is 35.9 Å². The second-order valence-electron chi connectivity index (χ2n) is 5.01. The van der Waals surface area contributed by atoms with E-state index in [4.69, 9.17) is 4.99 Å². The summed E-state index contributed by atoms with van der Waals surface area (Å²) in [7, 11) is 0. The average molecular weight is 259 g/mol. The molecule has 4 nitrogen and oxygen atoms in total. The molecule has 1 amide bonds. The molecule has 2 N–H and O–H groups in total. The third-order valence-corrected chi connectivity index (χ3v) is 5.67. The van der Waals surface area contributed by atoms with Crippen LogP contribution in [0.15, 0.2) is 35.3 Å². The Hall–Kier alpha value is -1.33. The smallest absolute Gasteiger partial charge is 0.254 e. The standard InChI is InChI=1S/C13H13N3OS/c17-11-12-7-4-8-13(12,16-15-11)14-10(18-12)9-5-2-1-3-6-9/h1-3,5-6,16H,4,7-8H2,(H,15,17). The fourth-order valence-corrected chi connectivity index (χ4v) is 4.69. The molecule has 2 unspecified atom stereocenters. The highest BCUT2D eigenvalue weighted by atomic mass is 32.2. The molecule has 1 aliphatic carbocycles. The first-order chi connectivity index (χ1) is 8.76. The summed E-state index contributed by atoms with van der Waals surface area (Å²) in [5, 5.41) is 0.984. The summed E-state index contributed by atoms with van der Waals surface area (Å²) >= 11 is 1.63. The van der Waals surface area contributed by atoms with Gasteiger partial charge in [0.25, 0.3) is 5.91 Å². The minimum absolute atomic E-state index is 0.0830. The highest BCUT2D eigenvalue weighted by molar-refractivity contribution is 8.16. The molecule has 1 saturated carbocycles. The summed E-state index contributed by atoms with van der Waals surface area (Å²) < 4.78 is -0.418. The Labute approximate surface area is 109 Å². The van der Waals surface area contributed by atoms with Gasteiger partial charge in [-0.1, -0.05) is 42.1 Å². The van der Waals surface area contributed by atoms with Crippen molar-refractivity contribution < 1.29 is 4.79 Å². The van der Waals surface area contributed by atoms with Gasteiger partial charge in [-0.25, -0.2) is 5.43 Å². The fourth-order valence-electron chi connectivity index (χ4n) is 3.15. The molecule has 5 heteroatoms. The average Bonchev–Trinajstić information content (AvgIpc) is 2.96. The normalized spacial score (nSPS) is 37.1. The molecule has 0 bridgehead atoms. The van der Waals surface area contributed by atoms with Crippen LogP contribution in [0.5, 0.6) is 0 Å². The van der Waals surface area contributed by atoms with Crippen molar-refractivity contribution in [3.63, 3.8) is 0 Å². The van der Waals surface area contributed by atoms with Gasteiger partial charge in [0.05, 0.1) is 0 Å². The SMILES string of the molecule is O=C1NNC23CCCC12SC(c1ccccc1)=N3. The lowest BCUT2D eigenvalue weighted by atomic mass is 9.97. The van der Waals surface area contributed by atoms with Crippen molar-refractivity contribution >= 4 is 22.7 Å². The van der Waals surface area contributed by atoms with Crippen LogP contribution in [0.1, 0.15) is 24.8 Å². The maximum absolute atomic E-state index is 12.2. The second kappa shape index (κ2) is 3.36. The van der Waals surface area contributed by atoms with Gasteiger partial charge in [0.1, 0.15) is 9.79 Å². The molecule has 2 fully saturated rings. The molecule has 18 heavy (non-hydrogen) atoms. The highest BCUT2D eigenvalue weighted by Gasteiger charge is 2.68. The molecular weight excluding hydrogens is 246 g/mol. The largest absolute Gasteiger partial charge is 0.288 e. The quantitative estimate of drug-likeness (QED) is 0.802. The monoisotopic (exact) mass is 259 g/mol. The van der Waals surface area contributed by atoms with E-state index in [0.717, 1.165) is 29.9 Å². The van der Waals surface area contributed by atoms with Crippen LogP contribution in [0.2, 0.25) is 0 Å². The number of aliphatic imine (C=N–C) groups is 1. The third kappa shape index (κ3) is 1.11. The van der Waals surface area contributed by atoms with E-state index in [-0.39, 0.29) is 5.91 Å². The Morgan fingerprint density at radius 2 is 2.06 bits per heavy atom. The Kier molecular flexibility index (Phi) is 1.98. The van der Waals surface area contributed by atoms with Crippen molar-refractivity contribution in [2.75, 3.05) is 0 Å². The fraction of sp³-hybridized carbons (Fsp3) is 0.385. The summed E-state index contributed by atoms with van der Waals surface area (Å²) in [5.41, 5.74) is 6.57. The number of hydrogen-bond acceptors (Lipinski definition) is 4. The zero-order valence-electron chi connectivity index (χ0n) is 9.77. The molecule has 2 heterocycles. The van der Waals surface area contributed by atoms with E-state index >= 15 is 0 Å². The number of hydrogen-bond donors (Lipinski definition) is 2. The van der Waals surface area contributed by atoms with Crippen LogP contribution in [-0.2, 0) is 4.79 Å². The van der Waals surface area contributed by atoms with Crippen LogP contribution < -0.4 is 10.9 Å². The second-order valence-corrected chi connectivity index (χ2v) is 6.29. The van der Waals surface area contributed by atoms with E-state index in [1.165, 1.54) is 0 Å². The maximum atomic E-state index is 12.2. The molecule has 92 valence electrons. The number of nitrogens with one attached hydrogen (secondary N) is 2. The van der Waals surface area contributed by atoms with E-state index in [9.17, 15) is 4.79 Å². The van der Waals surface area contributed by atoms with Gasteiger partial charge >= 0.3 is 0 Å².